The summed E-state index contributed by atoms with van der Waals surface area (Å²) in [6, 6.07) is 20.9. The monoisotopic (exact) mass is 538 g/mol. The molecule has 40 heavy (non-hydrogen) atoms. The van der Waals surface area contributed by atoms with Gasteiger partial charge in [-0.3, -0.25) is 14.7 Å². The average Bonchev–Trinajstić information content (AvgIpc) is 3.44. The summed E-state index contributed by atoms with van der Waals surface area (Å²) < 4.78 is 14.1. The summed E-state index contributed by atoms with van der Waals surface area (Å²) in [5.74, 6) is 1.63. The number of carbonyl (C=O) groups is 1. The van der Waals surface area contributed by atoms with Gasteiger partial charge in [-0.2, -0.15) is 5.10 Å². The molecule has 0 aliphatic heterocycles. The fourth-order valence-electron chi connectivity index (χ4n) is 4.54. The van der Waals surface area contributed by atoms with Gasteiger partial charge in [-0.25, -0.2) is 15.1 Å². The number of nitrogens with zero attached hydrogens (tertiary/aromatic N) is 4. The van der Waals surface area contributed by atoms with Crippen LogP contribution in [0.15, 0.2) is 76.6 Å². The van der Waals surface area contributed by atoms with E-state index in [-0.39, 0.29) is 18.0 Å². The molecule has 3 aromatic carbocycles. The molecule has 0 radical (unpaired) electrons. The van der Waals surface area contributed by atoms with Crippen LogP contribution in [0.25, 0.3) is 16.7 Å². The molecule has 0 aliphatic rings. The molecule has 0 saturated heterocycles. The number of H-pyrrole nitrogens is 1. The molecule has 5 rings (SSSR count). The Hall–Kier alpha value is -5.12. The number of amides is 1. The Bertz CT molecular complexity index is 1760. The molecule has 0 fully saturated rings. The lowest BCUT2D eigenvalue weighted by molar-refractivity contribution is -0.121. The number of methoxy groups -OCH3 is 2. The zero-order valence-corrected chi connectivity index (χ0v) is 22.8. The number of rotatable bonds is 9. The molecule has 0 saturated carbocycles. The highest BCUT2D eigenvalue weighted by molar-refractivity contribution is 5.84. The Morgan fingerprint density at radius 1 is 1.02 bits per heavy atom. The fraction of sp³-hybridized carbons (Fsp3) is 0.200. The Kier molecular flexibility index (Phi) is 7.50. The fourth-order valence-corrected chi connectivity index (χ4v) is 4.54. The topological polar surface area (TPSA) is 116 Å². The van der Waals surface area contributed by atoms with E-state index in [0.717, 1.165) is 33.7 Å². The first-order valence-electron chi connectivity index (χ1n) is 12.7. The van der Waals surface area contributed by atoms with Crippen LogP contribution in [0.4, 0.5) is 0 Å². The average molecular weight is 539 g/mol. The molecule has 0 atom stereocenters. The first-order chi connectivity index (χ1) is 19.4. The molecular formula is C30H30N6O4. The summed E-state index contributed by atoms with van der Waals surface area (Å²) in [4.78, 5) is 30.7. The van der Waals surface area contributed by atoms with E-state index in [1.165, 1.54) is 10.9 Å². The van der Waals surface area contributed by atoms with Gasteiger partial charge >= 0.3 is 0 Å². The van der Waals surface area contributed by atoms with Crippen molar-refractivity contribution in [2.75, 3.05) is 14.2 Å². The SMILES string of the molecule is COc1ccc(Cc2nc3ccccc3n2CC(=O)N/N=C\c2c(C)[nH]n(-c3ccc(C)cc3)c2=O)cc1OC. The van der Waals surface area contributed by atoms with Crippen molar-refractivity contribution < 1.29 is 14.3 Å². The maximum atomic E-state index is 13.0. The molecular weight excluding hydrogens is 508 g/mol. The van der Waals surface area contributed by atoms with Crippen molar-refractivity contribution in [3.63, 3.8) is 0 Å². The minimum Gasteiger partial charge on any atom is -0.493 e. The van der Waals surface area contributed by atoms with Crippen LogP contribution in [-0.2, 0) is 17.8 Å². The van der Waals surface area contributed by atoms with E-state index in [0.29, 0.717) is 29.2 Å². The third kappa shape index (κ3) is 5.37. The van der Waals surface area contributed by atoms with Crippen LogP contribution in [0, 0.1) is 13.8 Å². The summed E-state index contributed by atoms with van der Waals surface area (Å²) in [6.07, 6.45) is 1.85. The molecule has 10 heteroatoms. The summed E-state index contributed by atoms with van der Waals surface area (Å²) in [5, 5.41) is 7.14. The quantitative estimate of drug-likeness (QED) is 0.218. The molecule has 2 heterocycles. The number of fused-ring (bicyclic) bond motifs is 1. The minimum atomic E-state index is -0.347. The Balaban J connectivity index is 1.35. The van der Waals surface area contributed by atoms with Crippen LogP contribution in [-0.4, -0.2) is 45.7 Å². The summed E-state index contributed by atoms with van der Waals surface area (Å²) >= 11 is 0. The molecule has 0 unspecified atom stereocenters. The van der Waals surface area contributed by atoms with Gasteiger partial charge in [0.2, 0.25) is 0 Å². The van der Waals surface area contributed by atoms with Crippen molar-refractivity contribution in [1.29, 1.82) is 0 Å². The number of ether oxygens (including phenoxy) is 2. The lowest BCUT2D eigenvalue weighted by atomic mass is 10.1. The number of aromatic nitrogens is 4. The van der Waals surface area contributed by atoms with Gasteiger partial charge in [0.15, 0.2) is 11.5 Å². The predicted octanol–water partition coefficient (Wildman–Crippen LogP) is 3.89. The number of imidazole rings is 1. The first kappa shape index (κ1) is 26.5. The molecule has 10 nitrogen and oxygen atoms in total. The zero-order chi connectivity index (χ0) is 28.2. The Morgan fingerprint density at radius 3 is 2.52 bits per heavy atom. The van der Waals surface area contributed by atoms with Gasteiger partial charge in [0.1, 0.15) is 12.4 Å². The predicted molar refractivity (Wildman–Crippen MR) is 154 cm³/mol. The third-order valence-corrected chi connectivity index (χ3v) is 6.64. The number of hydrogen-bond donors (Lipinski definition) is 2. The maximum absolute atomic E-state index is 13.0. The smallest absolute Gasteiger partial charge is 0.280 e. The molecule has 1 amide bonds. The summed E-state index contributed by atoms with van der Waals surface area (Å²) in [7, 11) is 3.18. The van der Waals surface area contributed by atoms with E-state index in [1.54, 1.807) is 21.1 Å². The largest absolute Gasteiger partial charge is 0.493 e. The summed E-state index contributed by atoms with van der Waals surface area (Å²) in [5.41, 5.74) is 7.70. The molecule has 0 bridgehead atoms. The number of aryl methyl sites for hydroxylation is 2. The zero-order valence-electron chi connectivity index (χ0n) is 22.8. The van der Waals surface area contributed by atoms with Crippen molar-refractivity contribution in [1.82, 2.24) is 24.8 Å². The summed E-state index contributed by atoms with van der Waals surface area (Å²) in [6.45, 7) is 3.77. The number of aromatic amines is 1. The van der Waals surface area contributed by atoms with Crippen molar-refractivity contribution in [2.24, 2.45) is 5.10 Å². The van der Waals surface area contributed by atoms with E-state index in [2.05, 4.69) is 15.6 Å². The van der Waals surface area contributed by atoms with E-state index in [4.69, 9.17) is 14.5 Å². The minimum absolute atomic E-state index is 0.000192. The molecule has 5 aromatic rings. The van der Waals surface area contributed by atoms with Crippen molar-refractivity contribution in [3.05, 3.63) is 105 Å². The van der Waals surface area contributed by atoms with Crippen molar-refractivity contribution >= 4 is 23.2 Å². The number of carbonyl (C=O) groups excluding carboxylic acids is 1. The van der Waals surface area contributed by atoms with Crippen LogP contribution >= 0.6 is 0 Å². The van der Waals surface area contributed by atoms with E-state index in [9.17, 15) is 9.59 Å². The molecule has 0 aliphatic carbocycles. The number of nitrogens with one attached hydrogen (secondary N) is 2. The van der Waals surface area contributed by atoms with Gasteiger partial charge in [-0.05, 0) is 55.8 Å². The second kappa shape index (κ2) is 11.3. The van der Waals surface area contributed by atoms with Crippen LogP contribution in [0.1, 0.15) is 28.2 Å². The van der Waals surface area contributed by atoms with Gasteiger partial charge in [0.25, 0.3) is 11.5 Å². The van der Waals surface area contributed by atoms with Gasteiger partial charge < -0.3 is 14.0 Å². The molecule has 204 valence electrons. The van der Waals surface area contributed by atoms with Crippen LogP contribution in [0.2, 0.25) is 0 Å². The third-order valence-electron chi connectivity index (χ3n) is 6.64. The normalized spacial score (nSPS) is 11.3. The lowest BCUT2D eigenvalue weighted by Crippen LogP contribution is -2.25. The number of benzene rings is 3. The lowest BCUT2D eigenvalue weighted by Gasteiger charge is -2.11. The second-order valence-electron chi connectivity index (χ2n) is 9.39. The van der Waals surface area contributed by atoms with Crippen LogP contribution < -0.4 is 20.5 Å². The van der Waals surface area contributed by atoms with Gasteiger partial charge in [-0.1, -0.05) is 35.9 Å². The van der Waals surface area contributed by atoms with Gasteiger partial charge in [0.05, 0.1) is 42.7 Å². The second-order valence-corrected chi connectivity index (χ2v) is 9.39. The number of hydrazone groups is 1. The van der Waals surface area contributed by atoms with Crippen LogP contribution in [0.5, 0.6) is 11.5 Å². The molecule has 2 aromatic heterocycles. The van der Waals surface area contributed by atoms with Gasteiger partial charge in [-0.15, -0.1) is 0 Å². The highest BCUT2D eigenvalue weighted by Crippen LogP contribution is 2.29. The first-order valence-corrected chi connectivity index (χ1v) is 12.7. The highest BCUT2D eigenvalue weighted by atomic mass is 16.5. The van der Waals surface area contributed by atoms with Gasteiger partial charge in [0, 0.05) is 12.1 Å². The highest BCUT2D eigenvalue weighted by Gasteiger charge is 2.16. The van der Waals surface area contributed by atoms with E-state index < -0.39 is 0 Å². The standard InChI is InChI=1S/C30H30N6O4/c1-19-9-12-22(13-10-19)36-30(38)23(20(2)34-36)17-31-33-29(37)18-35-25-8-6-5-7-24(25)32-28(35)16-21-11-14-26(39-3)27(15-21)40-4/h5-15,17,34H,16,18H2,1-4H3,(H,33,37)/b31-17-. The molecule has 2 N–H and O–H groups in total. The van der Waals surface area contributed by atoms with Crippen LogP contribution in [0.3, 0.4) is 0 Å². The van der Waals surface area contributed by atoms with Crippen molar-refractivity contribution in [3.8, 4) is 17.2 Å². The Morgan fingerprint density at radius 2 is 1.77 bits per heavy atom. The van der Waals surface area contributed by atoms with E-state index >= 15 is 0 Å². The number of hydrogen-bond acceptors (Lipinski definition) is 6. The molecule has 0 spiro atoms. The van der Waals surface area contributed by atoms with Crippen molar-refractivity contribution in [2.45, 2.75) is 26.8 Å². The maximum Gasteiger partial charge on any atom is 0.280 e. The number of para-hydroxylation sites is 2. The Labute approximate surface area is 230 Å². The van der Waals surface area contributed by atoms with E-state index in [1.807, 2.05) is 78.2 Å².